The van der Waals surface area contributed by atoms with Crippen molar-refractivity contribution in [1.29, 1.82) is 0 Å². The Balaban J connectivity index is 2.11. The number of carbonyl (C=O) groups excluding carboxylic acids is 2. The summed E-state index contributed by atoms with van der Waals surface area (Å²) in [5.74, 6) is -0.927. The zero-order valence-electron chi connectivity index (χ0n) is 24.7. The van der Waals surface area contributed by atoms with E-state index in [1.807, 2.05) is 50.2 Å². The van der Waals surface area contributed by atoms with Crippen molar-refractivity contribution < 1.29 is 27.1 Å². The molecule has 2 amide bonds. The molecule has 0 fully saturated rings. The Kier molecular flexibility index (Phi) is 11.5. The standard InChI is InChI=1S/C31H39FN4O5S/c1-6-23(2)33-31(38)29(20-24-11-8-7-9-12-24)35(21-25-13-10-14-28(19-25)41-5)30(37)22-36(42(39,40)34(3)4)27-17-15-26(32)16-18-27/h7-19,23,29H,6,20-22H2,1-5H3,(H,33,38)/t23-,29-/m0/s1. The van der Waals surface area contributed by atoms with Gasteiger partial charge in [0.1, 0.15) is 24.2 Å². The fraction of sp³-hybridized carbons (Fsp3) is 0.355. The molecule has 1 N–H and O–H groups in total. The van der Waals surface area contributed by atoms with Crippen LogP contribution in [0.4, 0.5) is 10.1 Å². The first-order valence-corrected chi connectivity index (χ1v) is 15.1. The summed E-state index contributed by atoms with van der Waals surface area (Å²) < 4.78 is 47.8. The van der Waals surface area contributed by atoms with Crippen LogP contribution in [0.3, 0.4) is 0 Å². The summed E-state index contributed by atoms with van der Waals surface area (Å²) in [6, 6.07) is 20.2. The van der Waals surface area contributed by atoms with Gasteiger partial charge in [-0.05, 0) is 60.9 Å². The van der Waals surface area contributed by atoms with Crippen LogP contribution in [0.2, 0.25) is 0 Å². The van der Waals surface area contributed by atoms with Crippen molar-refractivity contribution >= 4 is 27.7 Å². The van der Waals surface area contributed by atoms with Crippen LogP contribution in [0.5, 0.6) is 5.75 Å². The van der Waals surface area contributed by atoms with Gasteiger partial charge >= 0.3 is 10.2 Å². The van der Waals surface area contributed by atoms with Gasteiger partial charge in [0.05, 0.1) is 12.8 Å². The molecule has 42 heavy (non-hydrogen) atoms. The van der Waals surface area contributed by atoms with E-state index in [1.54, 1.807) is 18.2 Å². The van der Waals surface area contributed by atoms with Gasteiger partial charge in [-0.1, -0.05) is 49.4 Å². The van der Waals surface area contributed by atoms with E-state index in [2.05, 4.69) is 5.32 Å². The average molecular weight is 599 g/mol. The van der Waals surface area contributed by atoms with Crippen molar-refractivity contribution in [3.8, 4) is 5.75 Å². The highest BCUT2D eigenvalue weighted by Crippen LogP contribution is 2.23. The highest BCUT2D eigenvalue weighted by molar-refractivity contribution is 7.90. The van der Waals surface area contributed by atoms with Crippen molar-refractivity contribution in [2.45, 2.75) is 45.3 Å². The molecule has 0 radical (unpaired) electrons. The second-order valence-corrected chi connectivity index (χ2v) is 12.2. The van der Waals surface area contributed by atoms with E-state index in [4.69, 9.17) is 4.74 Å². The molecule has 3 rings (SSSR count). The van der Waals surface area contributed by atoms with Gasteiger partial charge in [0.25, 0.3) is 0 Å². The van der Waals surface area contributed by atoms with E-state index in [0.29, 0.717) is 17.7 Å². The van der Waals surface area contributed by atoms with Gasteiger partial charge in [0.15, 0.2) is 0 Å². The second-order valence-electron chi connectivity index (χ2n) is 10.2. The molecule has 226 valence electrons. The predicted octanol–water partition coefficient (Wildman–Crippen LogP) is 4.00. The highest BCUT2D eigenvalue weighted by atomic mass is 32.2. The maximum atomic E-state index is 14.2. The first kappa shape index (κ1) is 32.6. The highest BCUT2D eigenvalue weighted by Gasteiger charge is 2.35. The maximum Gasteiger partial charge on any atom is 0.304 e. The first-order valence-electron chi connectivity index (χ1n) is 13.7. The molecule has 0 aliphatic rings. The quantitative estimate of drug-likeness (QED) is 0.303. The summed E-state index contributed by atoms with van der Waals surface area (Å²) in [6.07, 6.45) is 0.892. The summed E-state index contributed by atoms with van der Waals surface area (Å²) in [6.45, 7) is 3.23. The fourth-order valence-electron chi connectivity index (χ4n) is 4.29. The summed E-state index contributed by atoms with van der Waals surface area (Å²) in [4.78, 5) is 29.4. The number of hydrogen-bond donors (Lipinski definition) is 1. The number of carbonyl (C=O) groups is 2. The monoisotopic (exact) mass is 598 g/mol. The number of halogens is 1. The predicted molar refractivity (Wildman–Crippen MR) is 162 cm³/mol. The molecule has 0 bridgehead atoms. The van der Waals surface area contributed by atoms with E-state index in [9.17, 15) is 22.4 Å². The van der Waals surface area contributed by atoms with E-state index in [-0.39, 0.29) is 30.6 Å². The summed E-state index contributed by atoms with van der Waals surface area (Å²) in [7, 11) is 0.0643. The van der Waals surface area contributed by atoms with Crippen molar-refractivity contribution in [3.63, 3.8) is 0 Å². The second kappa shape index (κ2) is 14.8. The molecule has 0 saturated carbocycles. The van der Waals surface area contributed by atoms with Crippen LogP contribution in [0.15, 0.2) is 78.9 Å². The summed E-state index contributed by atoms with van der Waals surface area (Å²) in [5, 5.41) is 2.99. The van der Waals surface area contributed by atoms with Crippen molar-refractivity contribution in [2.24, 2.45) is 0 Å². The van der Waals surface area contributed by atoms with Crippen LogP contribution >= 0.6 is 0 Å². The lowest BCUT2D eigenvalue weighted by Crippen LogP contribution is -2.55. The summed E-state index contributed by atoms with van der Waals surface area (Å²) >= 11 is 0. The number of methoxy groups -OCH3 is 1. The molecular formula is C31H39FN4O5S. The van der Waals surface area contributed by atoms with Crippen LogP contribution in [-0.2, 0) is 32.8 Å². The number of rotatable bonds is 14. The minimum atomic E-state index is -4.17. The van der Waals surface area contributed by atoms with Crippen molar-refractivity contribution in [3.05, 3.63) is 95.8 Å². The number of amides is 2. The van der Waals surface area contributed by atoms with Crippen LogP contribution in [0, 0.1) is 5.82 Å². The lowest BCUT2D eigenvalue weighted by Gasteiger charge is -2.35. The number of benzene rings is 3. The molecule has 2 atom stereocenters. The van der Waals surface area contributed by atoms with Crippen molar-refractivity contribution in [1.82, 2.24) is 14.5 Å². The number of anilines is 1. The van der Waals surface area contributed by atoms with E-state index < -0.39 is 34.5 Å². The molecule has 0 aliphatic heterocycles. The molecule has 0 aliphatic carbocycles. The Morgan fingerprint density at radius 2 is 1.60 bits per heavy atom. The largest absolute Gasteiger partial charge is 0.497 e. The summed E-state index contributed by atoms with van der Waals surface area (Å²) in [5.41, 5.74) is 1.64. The Bertz CT molecular complexity index is 1440. The minimum Gasteiger partial charge on any atom is -0.497 e. The Labute approximate surface area is 248 Å². The molecule has 0 aromatic heterocycles. The number of ether oxygens (including phenoxy) is 1. The molecule has 0 spiro atoms. The number of nitrogens with zero attached hydrogens (tertiary/aromatic N) is 3. The third-order valence-electron chi connectivity index (χ3n) is 6.89. The van der Waals surface area contributed by atoms with Crippen LogP contribution < -0.4 is 14.4 Å². The van der Waals surface area contributed by atoms with Crippen molar-refractivity contribution in [2.75, 3.05) is 32.1 Å². The fourth-order valence-corrected chi connectivity index (χ4v) is 5.34. The van der Waals surface area contributed by atoms with E-state index >= 15 is 0 Å². The van der Waals surface area contributed by atoms with Gasteiger partial charge in [-0.2, -0.15) is 12.7 Å². The lowest BCUT2D eigenvalue weighted by atomic mass is 10.0. The Hall–Kier alpha value is -3.96. The maximum absolute atomic E-state index is 14.2. The third-order valence-corrected chi connectivity index (χ3v) is 8.71. The van der Waals surface area contributed by atoms with Gasteiger partial charge in [0, 0.05) is 33.1 Å². The van der Waals surface area contributed by atoms with Gasteiger partial charge in [0.2, 0.25) is 11.8 Å². The third kappa shape index (κ3) is 8.53. The van der Waals surface area contributed by atoms with Gasteiger partial charge < -0.3 is 15.0 Å². The smallest absolute Gasteiger partial charge is 0.304 e. The van der Waals surface area contributed by atoms with Gasteiger partial charge in [-0.25, -0.2) is 8.70 Å². The Morgan fingerprint density at radius 3 is 2.19 bits per heavy atom. The number of nitrogens with one attached hydrogen (secondary N) is 1. The normalized spacial score (nSPS) is 12.8. The SMILES string of the molecule is CC[C@H](C)NC(=O)[C@H](Cc1ccccc1)N(Cc1cccc(OC)c1)C(=O)CN(c1ccc(F)cc1)S(=O)(=O)N(C)C. The molecule has 3 aromatic carbocycles. The molecule has 3 aromatic rings. The zero-order valence-corrected chi connectivity index (χ0v) is 25.5. The van der Waals surface area contributed by atoms with E-state index in [1.165, 1.54) is 38.2 Å². The Morgan fingerprint density at radius 1 is 0.952 bits per heavy atom. The topological polar surface area (TPSA) is 99.3 Å². The number of hydrogen-bond acceptors (Lipinski definition) is 5. The average Bonchev–Trinajstić information content (AvgIpc) is 2.98. The van der Waals surface area contributed by atoms with Crippen LogP contribution in [-0.4, -0.2) is 69.3 Å². The zero-order chi connectivity index (χ0) is 30.9. The van der Waals surface area contributed by atoms with E-state index in [0.717, 1.165) is 26.3 Å². The molecular weight excluding hydrogens is 559 g/mol. The lowest BCUT2D eigenvalue weighted by molar-refractivity contribution is -0.140. The molecule has 0 heterocycles. The van der Waals surface area contributed by atoms with Crippen LogP contribution in [0.1, 0.15) is 31.4 Å². The van der Waals surface area contributed by atoms with Gasteiger partial charge in [-0.3, -0.25) is 9.59 Å². The molecule has 9 nitrogen and oxygen atoms in total. The molecule has 0 saturated heterocycles. The van der Waals surface area contributed by atoms with Gasteiger partial charge in [-0.15, -0.1) is 0 Å². The molecule has 0 unspecified atom stereocenters. The first-order chi connectivity index (χ1) is 20.0. The minimum absolute atomic E-state index is 0.0146. The molecule has 11 heteroatoms. The van der Waals surface area contributed by atoms with Crippen LogP contribution in [0.25, 0.3) is 0 Å².